The Morgan fingerprint density at radius 3 is 2.72 bits per heavy atom. The monoisotopic (exact) mass is 461 g/mol. The van der Waals surface area contributed by atoms with Crippen molar-refractivity contribution in [3.63, 3.8) is 0 Å². The van der Waals surface area contributed by atoms with E-state index in [1.165, 1.54) is 16.7 Å². The van der Waals surface area contributed by atoms with E-state index in [0.717, 1.165) is 44.9 Å². The highest BCUT2D eigenvalue weighted by Gasteiger charge is 2.34. The number of aliphatic imine (C=N–C) groups is 1. The molecule has 2 rings (SSSR count). The summed E-state index contributed by atoms with van der Waals surface area (Å²) in [7, 11) is 1.79. The molecule has 0 bridgehead atoms. The van der Waals surface area contributed by atoms with Gasteiger partial charge in [0.25, 0.3) is 0 Å². The van der Waals surface area contributed by atoms with Crippen molar-refractivity contribution in [1.29, 1.82) is 0 Å². The third kappa shape index (κ3) is 6.75. The van der Waals surface area contributed by atoms with E-state index in [9.17, 15) is 5.11 Å². The number of nitrogens with one attached hydrogen (secondary N) is 2. The van der Waals surface area contributed by atoms with Gasteiger partial charge in [0.1, 0.15) is 0 Å². The summed E-state index contributed by atoms with van der Waals surface area (Å²) in [6.45, 7) is 7.58. The minimum atomic E-state index is 0. The van der Waals surface area contributed by atoms with Crippen LogP contribution in [0.4, 0.5) is 0 Å². The van der Waals surface area contributed by atoms with E-state index in [4.69, 9.17) is 4.74 Å². The molecule has 1 heterocycles. The Morgan fingerprint density at radius 1 is 1.32 bits per heavy atom. The Hall–Kier alpha value is -0.860. The van der Waals surface area contributed by atoms with Gasteiger partial charge in [-0.25, -0.2) is 0 Å². The van der Waals surface area contributed by atoms with Gasteiger partial charge in [-0.3, -0.25) is 4.99 Å². The number of benzene rings is 1. The molecule has 0 aromatic heterocycles. The normalized spacial score (nSPS) is 20.2. The molecule has 1 saturated heterocycles. The number of ether oxygens (including phenoxy) is 1. The highest BCUT2D eigenvalue weighted by molar-refractivity contribution is 14.0. The second-order valence-corrected chi connectivity index (χ2v) is 6.81. The summed E-state index contributed by atoms with van der Waals surface area (Å²) >= 11 is 0. The van der Waals surface area contributed by atoms with E-state index in [1.54, 1.807) is 7.05 Å². The molecule has 0 amide bonds. The minimum Gasteiger partial charge on any atom is -0.396 e. The fourth-order valence-corrected chi connectivity index (χ4v) is 3.25. The molecule has 5 nitrogen and oxygen atoms in total. The van der Waals surface area contributed by atoms with Gasteiger partial charge >= 0.3 is 0 Å². The van der Waals surface area contributed by atoms with Crippen LogP contribution in [0, 0.1) is 19.3 Å². The van der Waals surface area contributed by atoms with Crippen LogP contribution in [-0.2, 0) is 11.2 Å². The number of rotatable bonds is 7. The van der Waals surface area contributed by atoms with Crippen LogP contribution in [-0.4, -0.2) is 51.0 Å². The van der Waals surface area contributed by atoms with Crippen LogP contribution < -0.4 is 10.6 Å². The van der Waals surface area contributed by atoms with Crippen molar-refractivity contribution in [3.8, 4) is 0 Å². The third-order valence-electron chi connectivity index (χ3n) is 4.87. The van der Waals surface area contributed by atoms with Crippen LogP contribution in [0.5, 0.6) is 0 Å². The lowest BCUT2D eigenvalue weighted by atomic mass is 9.84. The quantitative estimate of drug-likeness (QED) is 0.332. The van der Waals surface area contributed by atoms with E-state index in [1.807, 2.05) is 0 Å². The predicted molar refractivity (Wildman–Crippen MR) is 114 cm³/mol. The van der Waals surface area contributed by atoms with Crippen molar-refractivity contribution >= 4 is 29.9 Å². The molecule has 6 heteroatoms. The lowest BCUT2D eigenvalue weighted by Crippen LogP contribution is -2.45. The van der Waals surface area contributed by atoms with Gasteiger partial charge in [0.2, 0.25) is 0 Å². The van der Waals surface area contributed by atoms with Gasteiger partial charge in [0, 0.05) is 38.8 Å². The largest absolute Gasteiger partial charge is 0.396 e. The van der Waals surface area contributed by atoms with E-state index in [0.29, 0.717) is 6.61 Å². The number of hydrogen-bond acceptors (Lipinski definition) is 3. The van der Waals surface area contributed by atoms with Crippen molar-refractivity contribution in [2.45, 2.75) is 33.1 Å². The van der Waals surface area contributed by atoms with E-state index in [-0.39, 0.29) is 36.0 Å². The first kappa shape index (κ1) is 22.2. The van der Waals surface area contributed by atoms with Crippen molar-refractivity contribution in [3.05, 3.63) is 34.9 Å². The number of aryl methyl sites for hydroxylation is 2. The number of aliphatic hydroxyl groups excluding tert-OH is 1. The zero-order chi connectivity index (χ0) is 17.4. The number of hydrogen-bond donors (Lipinski definition) is 3. The Kier molecular flexibility index (Phi) is 9.74. The van der Waals surface area contributed by atoms with Crippen molar-refractivity contribution in [1.82, 2.24) is 10.6 Å². The van der Waals surface area contributed by atoms with Gasteiger partial charge in [-0.1, -0.05) is 23.8 Å². The van der Waals surface area contributed by atoms with E-state index >= 15 is 0 Å². The summed E-state index contributed by atoms with van der Waals surface area (Å²) in [5.74, 6) is 0.809. The van der Waals surface area contributed by atoms with Gasteiger partial charge in [-0.15, -0.1) is 24.0 Å². The fraction of sp³-hybridized carbons (Fsp3) is 0.632. The molecule has 1 aromatic carbocycles. The maximum Gasteiger partial charge on any atom is 0.191 e. The Balaban J connectivity index is 0.00000312. The molecule has 0 saturated carbocycles. The summed E-state index contributed by atoms with van der Waals surface area (Å²) in [6, 6.07) is 6.59. The molecular formula is C19H32IN3O2. The first-order chi connectivity index (χ1) is 11.6. The molecule has 0 aliphatic carbocycles. The van der Waals surface area contributed by atoms with E-state index in [2.05, 4.69) is 47.7 Å². The molecule has 1 aliphatic rings. The van der Waals surface area contributed by atoms with E-state index < -0.39 is 0 Å². The molecule has 1 aliphatic heterocycles. The number of guanidine groups is 1. The van der Waals surface area contributed by atoms with Gasteiger partial charge in [-0.2, -0.15) is 0 Å². The molecule has 1 unspecified atom stereocenters. The molecule has 25 heavy (non-hydrogen) atoms. The van der Waals surface area contributed by atoms with Crippen LogP contribution in [0.2, 0.25) is 0 Å². The second-order valence-electron chi connectivity index (χ2n) is 6.81. The van der Waals surface area contributed by atoms with Crippen molar-refractivity contribution in [2.24, 2.45) is 10.4 Å². The summed E-state index contributed by atoms with van der Waals surface area (Å²) in [5, 5.41) is 16.1. The molecule has 1 fully saturated rings. The fourth-order valence-electron chi connectivity index (χ4n) is 3.25. The third-order valence-corrected chi connectivity index (χ3v) is 4.87. The minimum absolute atomic E-state index is 0. The average Bonchev–Trinajstić information content (AvgIpc) is 3.02. The predicted octanol–water partition coefficient (Wildman–Crippen LogP) is 2.42. The maximum atomic E-state index is 9.30. The zero-order valence-corrected chi connectivity index (χ0v) is 17.9. The van der Waals surface area contributed by atoms with Crippen LogP contribution in [0.3, 0.4) is 0 Å². The van der Waals surface area contributed by atoms with Gasteiger partial charge in [0.15, 0.2) is 5.96 Å². The standard InChI is InChI=1S/C19H31N3O2.HI/c1-15-4-5-17(16(2)12-15)6-9-21-18(20-3)22-13-19(7-10-23)8-11-24-14-19;/h4-5,12,23H,6-11,13-14H2,1-3H3,(H2,20,21,22);1H. The Labute approximate surface area is 168 Å². The average molecular weight is 461 g/mol. The second kappa shape index (κ2) is 11.0. The number of nitrogens with zero attached hydrogens (tertiary/aromatic N) is 1. The first-order valence-electron chi connectivity index (χ1n) is 8.78. The van der Waals surface area contributed by atoms with Crippen LogP contribution in [0.25, 0.3) is 0 Å². The van der Waals surface area contributed by atoms with Gasteiger partial charge in [-0.05, 0) is 44.2 Å². The molecule has 0 radical (unpaired) electrons. The maximum absolute atomic E-state index is 9.30. The summed E-state index contributed by atoms with van der Waals surface area (Å²) in [6.07, 6.45) is 2.72. The van der Waals surface area contributed by atoms with Gasteiger partial charge < -0.3 is 20.5 Å². The lowest BCUT2D eigenvalue weighted by Gasteiger charge is -2.27. The first-order valence-corrected chi connectivity index (χ1v) is 8.78. The molecule has 3 N–H and O–H groups in total. The highest BCUT2D eigenvalue weighted by atomic mass is 127. The number of aliphatic hydroxyl groups is 1. The Morgan fingerprint density at radius 2 is 2.12 bits per heavy atom. The van der Waals surface area contributed by atoms with Crippen LogP contribution in [0.15, 0.2) is 23.2 Å². The SMILES string of the molecule is CN=C(NCCc1ccc(C)cc1C)NCC1(CCO)CCOC1.I. The number of halogens is 1. The highest BCUT2D eigenvalue weighted by Crippen LogP contribution is 2.31. The lowest BCUT2D eigenvalue weighted by molar-refractivity contribution is 0.127. The zero-order valence-electron chi connectivity index (χ0n) is 15.6. The van der Waals surface area contributed by atoms with Crippen molar-refractivity contribution in [2.75, 3.05) is 40.0 Å². The van der Waals surface area contributed by atoms with Crippen molar-refractivity contribution < 1.29 is 9.84 Å². The summed E-state index contributed by atoms with van der Waals surface area (Å²) < 4.78 is 5.53. The topological polar surface area (TPSA) is 65.9 Å². The summed E-state index contributed by atoms with van der Waals surface area (Å²) in [4.78, 5) is 4.30. The molecule has 0 spiro atoms. The van der Waals surface area contributed by atoms with Gasteiger partial charge in [0.05, 0.1) is 6.61 Å². The molecule has 1 aromatic rings. The molecular weight excluding hydrogens is 429 g/mol. The van der Waals surface area contributed by atoms with Crippen LogP contribution >= 0.6 is 24.0 Å². The van der Waals surface area contributed by atoms with Crippen LogP contribution in [0.1, 0.15) is 29.5 Å². The molecule has 1 atom stereocenters. The summed E-state index contributed by atoms with van der Waals surface area (Å²) in [5.41, 5.74) is 4.03. The smallest absolute Gasteiger partial charge is 0.191 e. The molecule has 142 valence electrons. The Bertz CT molecular complexity index is 558.